The fraction of sp³-hybridized carbons (Fsp3) is 0.280. The summed E-state index contributed by atoms with van der Waals surface area (Å²) in [7, 11) is 1.90. The third kappa shape index (κ3) is 3.59. The van der Waals surface area contributed by atoms with Gasteiger partial charge in [-0.05, 0) is 37.6 Å². The van der Waals surface area contributed by atoms with Gasteiger partial charge in [-0.2, -0.15) is 0 Å². The van der Waals surface area contributed by atoms with Crippen LogP contribution in [0.15, 0.2) is 54.7 Å². The molecule has 164 valence electrons. The van der Waals surface area contributed by atoms with E-state index in [1.54, 1.807) is 24.3 Å². The summed E-state index contributed by atoms with van der Waals surface area (Å²) in [4.78, 5) is 25.4. The van der Waals surface area contributed by atoms with Crippen LogP contribution in [0.5, 0.6) is 5.75 Å². The molecule has 3 aromatic rings. The number of hydrogen-bond acceptors (Lipinski definition) is 6. The van der Waals surface area contributed by atoms with Gasteiger partial charge in [-0.1, -0.05) is 30.3 Å². The van der Waals surface area contributed by atoms with Crippen LogP contribution >= 0.6 is 0 Å². The fourth-order valence-corrected chi connectivity index (χ4v) is 4.21. The van der Waals surface area contributed by atoms with Crippen LogP contribution in [0, 0.1) is 0 Å². The molecule has 1 saturated heterocycles. The summed E-state index contributed by atoms with van der Waals surface area (Å²) in [6.45, 7) is 4.48. The molecule has 0 N–H and O–H groups in total. The van der Waals surface area contributed by atoms with Gasteiger partial charge in [0.05, 0.1) is 17.8 Å². The summed E-state index contributed by atoms with van der Waals surface area (Å²) < 4.78 is 24.2. The van der Waals surface area contributed by atoms with Crippen LogP contribution in [-0.2, 0) is 30.8 Å². The van der Waals surface area contributed by atoms with Crippen LogP contribution in [0.1, 0.15) is 25.0 Å². The van der Waals surface area contributed by atoms with Crippen molar-refractivity contribution in [3.05, 3.63) is 65.9 Å². The molecule has 0 saturated carbocycles. The number of nitrogens with zero attached hydrogens (tertiary/aromatic N) is 1. The largest absolute Gasteiger partial charge is 0.491 e. The van der Waals surface area contributed by atoms with E-state index >= 15 is 0 Å². The third-order valence-corrected chi connectivity index (χ3v) is 5.64. The molecule has 7 nitrogen and oxygen atoms in total. The SMILES string of the molecule is Cn1cc(C2=C(c3cccc(OC[C@@H]4COC(C)(C)O4)c3)C(=O)OC2=O)c2ccccc21. The first-order valence-corrected chi connectivity index (χ1v) is 10.4. The molecule has 0 bridgehead atoms. The quantitative estimate of drug-likeness (QED) is 0.451. The average molecular weight is 433 g/mol. The molecular formula is C25H23NO6. The highest BCUT2D eigenvalue weighted by atomic mass is 16.7. The Hall–Kier alpha value is -3.42. The number of para-hydroxylation sites is 1. The van der Waals surface area contributed by atoms with E-state index in [1.807, 2.05) is 55.9 Å². The van der Waals surface area contributed by atoms with Crippen molar-refractivity contribution in [1.82, 2.24) is 4.57 Å². The molecule has 3 heterocycles. The van der Waals surface area contributed by atoms with Crippen molar-refractivity contribution in [1.29, 1.82) is 0 Å². The number of aromatic nitrogens is 1. The highest BCUT2D eigenvalue weighted by molar-refractivity contribution is 6.45. The molecule has 0 aliphatic carbocycles. The van der Waals surface area contributed by atoms with Gasteiger partial charge in [-0.25, -0.2) is 9.59 Å². The van der Waals surface area contributed by atoms with Crippen LogP contribution in [-0.4, -0.2) is 41.6 Å². The number of hydrogen-bond donors (Lipinski definition) is 0. The minimum Gasteiger partial charge on any atom is -0.491 e. The first kappa shape index (κ1) is 20.5. The van der Waals surface area contributed by atoms with E-state index in [2.05, 4.69) is 0 Å². The van der Waals surface area contributed by atoms with Gasteiger partial charge < -0.3 is 23.5 Å². The van der Waals surface area contributed by atoms with Crippen LogP contribution in [0.25, 0.3) is 22.0 Å². The number of esters is 2. The molecule has 0 radical (unpaired) electrons. The third-order valence-electron chi connectivity index (χ3n) is 5.64. The van der Waals surface area contributed by atoms with E-state index in [1.165, 1.54) is 0 Å². The minimum absolute atomic E-state index is 0.183. The molecule has 0 unspecified atom stereocenters. The summed E-state index contributed by atoms with van der Waals surface area (Å²) >= 11 is 0. The van der Waals surface area contributed by atoms with Crippen LogP contribution < -0.4 is 4.74 Å². The zero-order valence-electron chi connectivity index (χ0n) is 18.1. The maximum Gasteiger partial charge on any atom is 0.347 e. The van der Waals surface area contributed by atoms with E-state index in [0.29, 0.717) is 30.1 Å². The second-order valence-corrected chi connectivity index (χ2v) is 8.39. The molecule has 1 fully saturated rings. The summed E-state index contributed by atoms with van der Waals surface area (Å²) in [6, 6.07) is 14.8. The Morgan fingerprint density at radius 2 is 1.84 bits per heavy atom. The van der Waals surface area contributed by atoms with Crippen LogP contribution in [0.3, 0.4) is 0 Å². The Bertz CT molecular complexity index is 1270. The van der Waals surface area contributed by atoms with Gasteiger partial charge in [-0.3, -0.25) is 0 Å². The van der Waals surface area contributed by atoms with Gasteiger partial charge >= 0.3 is 11.9 Å². The Balaban J connectivity index is 1.51. The molecule has 2 aliphatic rings. The number of fused-ring (bicyclic) bond motifs is 1. The predicted octanol–water partition coefficient (Wildman–Crippen LogP) is 3.70. The summed E-state index contributed by atoms with van der Waals surface area (Å²) in [5, 5.41) is 0.877. The minimum atomic E-state index is -0.663. The standard InChI is InChI=1S/C25H23NO6/c1-25(2)30-14-17(32-25)13-29-16-8-6-7-15(11-16)21-22(24(28)31-23(21)27)19-12-26(3)20-10-5-4-9-18(19)20/h4-12,17H,13-14H2,1-3H3/t17-/m1/s1. The number of ether oxygens (including phenoxy) is 4. The van der Waals surface area contributed by atoms with Crippen molar-refractivity contribution in [2.45, 2.75) is 25.7 Å². The Morgan fingerprint density at radius 1 is 1.06 bits per heavy atom. The first-order chi connectivity index (χ1) is 15.3. The Kier molecular flexibility index (Phi) is 4.87. The lowest BCUT2D eigenvalue weighted by Gasteiger charge is -2.17. The van der Waals surface area contributed by atoms with Gasteiger partial charge in [0.2, 0.25) is 0 Å². The normalized spacial score (nSPS) is 20.3. The predicted molar refractivity (Wildman–Crippen MR) is 118 cm³/mol. The second-order valence-electron chi connectivity index (χ2n) is 8.39. The smallest absolute Gasteiger partial charge is 0.347 e. The van der Waals surface area contributed by atoms with Gasteiger partial charge in [0.1, 0.15) is 18.5 Å². The molecular weight excluding hydrogens is 410 g/mol. The zero-order valence-corrected chi connectivity index (χ0v) is 18.1. The van der Waals surface area contributed by atoms with E-state index in [-0.39, 0.29) is 17.3 Å². The number of rotatable bonds is 5. The molecule has 2 aliphatic heterocycles. The molecule has 1 aromatic heterocycles. The molecule has 0 amide bonds. The van der Waals surface area contributed by atoms with Gasteiger partial charge in [0.15, 0.2) is 5.79 Å². The monoisotopic (exact) mass is 433 g/mol. The molecule has 2 aromatic carbocycles. The van der Waals surface area contributed by atoms with Crippen molar-refractivity contribution in [2.24, 2.45) is 7.05 Å². The lowest BCUT2D eigenvalue weighted by atomic mass is 9.96. The number of cyclic esters (lactones) is 2. The lowest BCUT2D eigenvalue weighted by molar-refractivity contribution is -0.149. The second kappa shape index (κ2) is 7.62. The Morgan fingerprint density at radius 3 is 2.62 bits per heavy atom. The summed E-state index contributed by atoms with van der Waals surface area (Å²) in [5.41, 5.74) is 2.68. The fourth-order valence-electron chi connectivity index (χ4n) is 4.21. The van der Waals surface area contributed by atoms with Crippen LogP contribution in [0.2, 0.25) is 0 Å². The maximum atomic E-state index is 12.7. The summed E-state index contributed by atoms with van der Waals surface area (Å²) in [5.74, 6) is -1.37. The van der Waals surface area contributed by atoms with Gasteiger partial charge in [0, 0.05) is 29.7 Å². The molecule has 5 rings (SSSR count). The van der Waals surface area contributed by atoms with Crippen LogP contribution in [0.4, 0.5) is 0 Å². The zero-order chi connectivity index (χ0) is 22.5. The van der Waals surface area contributed by atoms with Crippen molar-refractivity contribution in [3.8, 4) is 5.75 Å². The summed E-state index contributed by atoms with van der Waals surface area (Å²) in [6.07, 6.45) is 1.66. The van der Waals surface area contributed by atoms with E-state index in [9.17, 15) is 9.59 Å². The van der Waals surface area contributed by atoms with Gasteiger partial charge in [0.25, 0.3) is 0 Å². The number of benzene rings is 2. The molecule has 7 heteroatoms. The Labute approximate surface area is 185 Å². The van der Waals surface area contributed by atoms with E-state index in [0.717, 1.165) is 10.9 Å². The van der Waals surface area contributed by atoms with E-state index < -0.39 is 17.7 Å². The molecule has 0 spiro atoms. The average Bonchev–Trinajstić information content (AvgIpc) is 3.39. The van der Waals surface area contributed by atoms with Crippen molar-refractivity contribution < 1.29 is 28.5 Å². The van der Waals surface area contributed by atoms with Crippen molar-refractivity contribution in [2.75, 3.05) is 13.2 Å². The first-order valence-electron chi connectivity index (χ1n) is 10.4. The number of aryl methyl sites for hydroxylation is 1. The van der Waals surface area contributed by atoms with E-state index in [4.69, 9.17) is 18.9 Å². The topological polar surface area (TPSA) is 76.0 Å². The lowest BCUT2D eigenvalue weighted by Crippen LogP contribution is -2.25. The van der Waals surface area contributed by atoms with Gasteiger partial charge in [-0.15, -0.1) is 0 Å². The maximum absolute atomic E-state index is 12.7. The van der Waals surface area contributed by atoms with Crippen molar-refractivity contribution in [3.63, 3.8) is 0 Å². The highest BCUT2D eigenvalue weighted by Crippen LogP contribution is 2.38. The molecule has 32 heavy (non-hydrogen) atoms. The number of carbonyl (C=O) groups excluding carboxylic acids is 2. The highest BCUT2D eigenvalue weighted by Gasteiger charge is 2.37. The molecule has 1 atom stereocenters. The van der Waals surface area contributed by atoms with Crippen molar-refractivity contribution >= 4 is 34.0 Å². The number of carbonyl (C=O) groups is 2.